The number of allylic oxidation sites excluding steroid dienone is 2. The van der Waals surface area contributed by atoms with Gasteiger partial charge < -0.3 is 9.47 Å². The van der Waals surface area contributed by atoms with E-state index in [9.17, 15) is 19.2 Å². The van der Waals surface area contributed by atoms with E-state index in [0.29, 0.717) is 0 Å². The summed E-state index contributed by atoms with van der Waals surface area (Å²) in [5.74, 6) is -1.18. The van der Waals surface area contributed by atoms with Gasteiger partial charge in [-0.15, -0.1) is 0 Å². The van der Waals surface area contributed by atoms with Gasteiger partial charge in [0, 0.05) is 11.1 Å². The second-order valence-corrected chi connectivity index (χ2v) is 11.5. The number of amides is 2. The third-order valence-electron chi connectivity index (χ3n) is 7.87. The molecule has 44 heavy (non-hydrogen) atoms. The van der Waals surface area contributed by atoms with Crippen molar-refractivity contribution in [2.24, 2.45) is 0 Å². The fraction of sp³-hybridized carbons (Fsp3) is 0.167. The first-order chi connectivity index (χ1) is 21.0. The van der Waals surface area contributed by atoms with E-state index in [0.717, 1.165) is 20.9 Å². The number of hydrogen-bond donors (Lipinski definition) is 0. The first-order valence-corrected chi connectivity index (χ1v) is 14.2. The van der Waals surface area contributed by atoms with E-state index in [1.165, 1.54) is 0 Å². The number of ketones is 2. The molecule has 6 rings (SSSR count). The lowest BCUT2D eigenvalue weighted by atomic mass is 9.98. The number of rotatable bonds is 4. The molecule has 0 radical (unpaired) electrons. The summed E-state index contributed by atoms with van der Waals surface area (Å²) in [7, 11) is 0. The first-order valence-electron chi connectivity index (χ1n) is 14.2. The van der Waals surface area contributed by atoms with Gasteiger partial charge in [-0.3, -0.25) is 9.59 Å². The molecule has 0 aliphatic carbocycles. The normalized spacial score (nSPS) is 16.1. The maximum atomic E-state index is 14.1. The third kappa shape index (κ3) is 4.74. The van der Waals surface area contributed by atoms with E-state index < -0.39 is 35.0 Å². The SMILES string of the molecule is CC(C)(OC(=O)N1C(=C2C(=O)c3ccccc3N2C(=O)OC(C)(C)c2ccccc2)C(=O)c2ccccc21)c1ccccc1. The maximum absolute atomic E-state index is 14.1. The molecule has 0 fully saturated rings. The quantitative estimate of drug-likeness (QED) is 0.227. The van der Waals surface area contributed by atoms with Gasteiger partial charge in [0.1, 0.15) is 22.6 Å². The molecule has 2 aliphatic rings. The second-order valence-electron chi connectivity index (χ2n) is 11.5. The molecule has 0 saturated carbocycles. The van der Waals surface area contributed by atoms with Crippen molar-refractivity contribution in [2.45, 2.75) is 38.9 Å². The highest BCUT2D eigenvalue weighted by Crippen LogP contribution is 2.44. The Morgan fingerprint density at radius 2 is 0.818 bits per heavy atom. The van der Waals surface area contributed by atoms with E-state index in [4.69, 9.17) is 9.47 Å². The van der Waals surface area contributed by atoms with Crippen LogP contribution in [0.15, 0.2) is 121 Å². The molecule has 4 aromatic carbocycles. The van der Waals surface area contributed by atoms with Crippen molar-refractivity contribution in [3.05, 3.63) is 143 Å². The van der Waals surface area contributed by atoms with Crippen LogP contribution >= 0.6 is 0 Å². The molecule has 0 spiro atoms. The summed E-state index contributed by atoms with van der Waals surface area (Å²) in [5, 5.41) is 0. The summed E-state index contributed by atoms with van der Waals surface area (Å²) in [4.78, 5) is 58.4. The van der Waals surface area contributed by atoms with Crippen LogP contribution in [0.4, 0.5) is 21.0 Å². The molecule has 4 aromatic rings. The molecule has 8 heteroatoms. The summed E-state index contributed by atoms with van der Waals surface area (Å²) in [5.41, 5.74) is -0.376. The van der Waals surface area contributed by atoms with Gasteiger partial charge in [-0.25, -0.2) is 19.4 Å². The molecular formula is C36H30N2O6. The van der Waals surface area contributed by atoms with Gasteiger partial charge in [0.2, 0.25) is 11.6 Å². The van der Waals surface area contributed by atoms with Crippen molar-refractivity contribution in [2.75, 3.05) is 9.80 Å². The highest BCUT2D eigenvalue weighted by Gasteiger charge is 2.49. The molecule has 0 saturated heterocycles. The Morgan fingerprint density at radius 3 is 1.18 bits per heavy atom. The number of benzene rings is 4. The monoisotopic (exact) mass is 586 g/mol. The van der Waals surface area contributed by atoms with Crippen molar-refractivity contribution >= 4 is 35.1 Å². The number of carbonyl (C=O) groups excluding carboxylic acids is 4. The third-order valence-corrected chi connectivity index (χ3v) is 7.87. The van der Waals surface area contributed by atoms with Crippen LogP contribution in [0.1, 0.15) is 59.5 Å². The van der Waals surface area contributed by atoms with E-state index in [1.807, 2.05) is 60.7 Å². The van der Waals surface area contributed by atoms with Gasteiger partial charge in [0.15, 0.2) is 0 Å². The second kappa shape index (κ2) is 10.6. The van der Waals surface area contributed by atoms with Crippen LogP contribution in [-0.4, -0.2) is 23.8 Å². The summed E-state index contributed by atoms with van der Waals surface area (Å²) < 4.78 is 12.0. The maximum Gasteiger partial charge on any atom is 0.420 e. The lowest BCUT2D eigenvalue weighted by Gasteiger charge is -2.31. The summed E-state index contributed by atoms with van der Waals surface area (Å²) in [6.07, 6.45) is -1.75. The average Bonchev–Trinajstić information content (AvgIpc) is 3.48. The van der Waals surface area contributed by atoms with Crippen LogP contribution in [0.3, 0.4) is 0 Å². The van der Waals surface area contributed by atoms with Gasteiger partial charge in [-0.1, -0.05) is 84.9 Å². The molecule has 2 aliphatic heterocycles. The number of ether oxygens (including phenoxy) is 2. The Bertz CT molecular complexity index is 1710. The largest absolute Gasteiger partial charge is 0.438 e. The molecule has 0 bridgehead atoms. The number of nitrogens with zero attached hydrogens (tertiary/aromatic N) is 2. The average molecular weight is 587 g/mol. The zero-order chi connectivity index (χ0) is 31.2. The van der Waals surface area contributed by atoms with Crippen molar-refractivity contribution < 1.29 is 28.7 Å². The minimum atomic E-state index is -1.09. The predicted octanol–water partition coefficient (Wildman–Crippen LogP) is 7.75. The van der Waals surface area contributed by atoms with Crippen LogP contribution in [0, 0.1) is 0 Å². The number of Topliss-reactive ketones (excluding diaryl/α,β-unsaturated/α-hetero) is 2. The van der Waals surface area contributed by atoms with Crippen LogP contribution in [0.5, 0.6) is 0 Å². The Labute approximate surface area is 255 Å². The Hall–Kier alpha value is -5.50. The highest BCUT2D eigenvalue weighted by molar-refractivity contribution is 6.33. The Balaban J connectivity index is 1.49. The first kappa shape index (κ1) is 28.6. The fourth-order valence-corrected chi connectivity index (χ4v) is 5.55. The standard InChI is InChI=1S/C36H30N2O6/c1-35(2,23-15-7-5-8-16-23)43-33(41)37-27-21-13-11-19-25(27)31(39)29(37)30-32(40)26-20-12-14-22-28(26)38(30)34(42)44-36(3,4)24-17-9-6-10-18-24/h5-22H,1-4H3. The predicted molar refractivity (Wildman–Crippen MR) is 165 cm³/mol. The number of hydrogen-bond acceptors (Lipinski definition) is 6. The van der Waals surface area contributed by atoms with Crippen LogP contribution in [0.25, 0.3) is 0 Å². The van der Waals surface area contributed by atoms with Gasteiger partial charge in [-0.2, -0.15) is 0 Å². The van der Waals surface area contributed by atoms with Crippen molar-refractivity contribution in [1.29, 1.82) is 0 Å². The number of fused-ring (bicyclic) bond motifs is 2. The lowest BCUT2D eigenvalue weighted by Crippen LogP contribution is -2.41. The summed E-state index contributed by atoms with van der Waals surface area (Å²) >= 11 is 0. The smallest absolute Gasteiger partial charge is 0.420 e. The number of carbonyl (C=O) groups is 4. The molecular weight excluding hydrogens is 556 g/mol. The summed E-state index contributed by atoms with van der Waals surface area (Å²) in [6, 6.07) is 31.4. The molecule has 0 N–H and O–H groups in total. The zero-order valence-electron chi connectivity index (χ0n) is 24.7. The van der Waals surface area contributed by atoms with E-state index >= 15 is 0 Å². The molecule has 0 unspecified atom stereocenters. The van der Waals surface area contributed by atoms with E-state index in [2.05, 4.69) is 0 Å². The van der Waals surface area contributed by atoms with Gasteiger partial charge in [0.25, 0.3) is 0 Å². The van der Waals surface area contributed by atoms with Gasteiger partial charge >= 0.3 is 12.2 Å². The van der Waals surface area contributed by atoms with Crippen molar-refractivity contribution in [3.8, 4) is 0 Å². The van der Waals surface area contributed by atoms with E-state index in [1.54, 1.807) is 76.2 Å². The molecule has 0 aromatic heterocycles. The Morgan fingerprint density at radius 1 is 0.500 bits per heavy atom. The van der Waals surface area contributed by atoms with Crippen LogP contribution in [0.2, 0.25) is 0 Å². The Kier molecular flexibility index (Phi) is 6.92. The van der Waals surface area contributed by atoms with Crippen LogP contribution < -0.4 is 9.80 Å². The summed E-state index contributed by atoms with van der Waals surface area (Å²) in [6.45, 7) is 6.96. The highest BCUT2D eigenvalue weighted by atomic mass is 16.6. The van der Waals surface area contributed by atoms with Gasteiger partial charge in [0.05, 0.1) is 11.4 Å². The minimum Gasteiger partial charge on any atom is -0.438 e. The topological polar surface area (TPSA) is 93.2 Å². The number of anilines is 2. The zero-order valence-corrected chi connectivity index (χ0v) is 24.7. The lowest BCUT2D eigenvalue weighted by molar-refractivity contribution is 0.0409. The molecule has 0 atom stereocenters. The van der Waals surface area contributed by atoms with Crippen LogP contribution in [-0.2, 0) is 20.7 Å². The fourth-order valence-electron chi connectivity index (χ4n) is 5.55. The molecule has 2 amide bonds. The molecule has 8 nitrogen and oxygen atoms in total. The molecule has 220 valence electrons. The van der Waals surface area contributed by atoms with Crippen molar-refractivity contribution in [1.82, 2.24) is 0 Å². The molecule has 2 heterocycles. The van der Waals surface area contributed by atoms with Crippen molar-refractivity contribution in [3.63, 3.8) is 0 Å². The van der Waals surface area contributed by atoms with E-state index in [-0.39, 0.29) is 33.9 Å². The number of para-hydroxylation sites is 2. The minimum absolute atomic E-state index is 0.200. The van der Waals surface area contributed by atoms with Gasteiger partial charge in [-0.05, 0) is 63.1 Å².